The van der Waals surface area contributed by atoms with Crippen molar-refractivity contribution in [1.82, 2.24) is 0 Å². The SMILES string of the molecule is CC(C)(C)C1(C(=O)O)C=CN=N1. The van der Waals surface area contributed by atoms with Gasteiger partial charge in [-0.1, -0.05) is 20.8 Å². The molecule has 0 aromatic heterocycles. The molecule has 12 heavy (non-hydrogen) atoms. The highest BCUT2D eigenvalue weighted by Crippen LogP contribution is 2.38. The van der Waals surface area contributed by atoms with Crippen molar-refractivity contribution in [2.45, 2.75) is 26.3 Å². The van der Waals surface area contributed by atoms with Gasteiger partial charge in [0.25, 0.3) is 0 Å². The second kappa shape index (κ2) is 2.40. The molecule has 4 nitrogen and oxygen atoms in total. The Balaban J connectivity index is 3.14. The summed E-state index contributed by atoms with van der Waals surface area (Å²) < 4.78 is 0. The van der Waals surface area contributed by atoms with Crippen LogP contribution in [0.2, 0.25) is 0 Å². The van der Waals surface area contributed by atoms with E-state index in [1.54, 1.807) is 0 Å². The van der Waals surface area contributed by atoms with Crippen LogP contribution in [0, 0.1) is 5.41 Å². The molecule has 1 N–H and O–H groups in total. The first-order valence-corrected chi connectivity index (χ1v) is 3.73. The number of hydrogen-bond donors (Lipinski definition) is 1. The molecule has 66 valence electrons. The lowest BCUT2D eigenvalue weighted by Gasteiger charge is -2.31. The number of azo groups is 1. The summed E-state index contributed by atoms with van der Waals surface area (Å²) in [5, 5.41) is 16.3. The fraction of sp³-hybridized carbons (Fsp3) is 0.625. The summed E-state index contributed by atoms with van der Waals surface area (Å²) in [6, 6.07) is 0. The standard InChI is InChI=1S/C8H12N2O2/c1-7(2,3)8(6(11)12)4-5-9-10-8/h4-5H,1-3H3,(H,11,12). The van der Waals surface area contributed by atoms with E-state index in [0.717, 1.165) is 0 Å². The molecule has 1 heterocycles. The monoisotopic (exact) mass is 168 g/mol. The van der Waals surface area contributed by atoms with Gasteiger partial charge in [0.05, 0.1) is 0 Å². The van der Waals surface area contributed by atoms with Crippen molar-refractivity contribution in [2.24, 2.45) is 15.6 Å². The van der Waals surface area contributed by atoms with Crippen LogP contribution in [-0.2, 0) is 4.79 Å². The molecule has 1 unspecified atom stereocenters. The van der Waals surface area contributed by atoms with Crippen molar-refractivity contribution >= 4 is 5.97 Å². The zero-order valence-corrected chi connectivity index (χ0v) is 7.40. The first kappa shape index (κ1) is 8.90. The lowest BCUT2D eigenvalue weighted by Crippen LogP contribution is -2.45. The highest BCUT2D eigenvalue weighted by Gasteiger charge is 2.49. The van der Waals surface area contributed by atoms with Crippen LogP contribution in [-0.4, -0.2) is 16.6 Å². The molecule has 0 aromatic carbocycles. The molecule has 0 saturated carbocycles. The molecular weight excluding hydrogens is 156 g/mol. The van der Waals surface area contributed by atoms with Gasteiger partial charge in [-0.25, -0.2) is 4.79 Å². The third-order valence-electron chi connectivity index (χ3n) is 2.07. The molecule has 0 aliphatic carbocycles. The van der Waals surface area contributed by atoms with Gasteiger partial charge in [0.1, 0.15) is 0 Å². The van der Waals surface area contributed by atoms with Crippen molar-refractivity contribution in [3.8, 4) is 0 Å². The van der Waals surface area contributed by atoms with E-state index >= 15 is 0 Å². The Morgan fingerprint density at radius 1 is 1.50 bits per heavy atom. The van der Waals surface area contributed by atoms with Crippen LogP contribution in [0.3, 0.4) is 0 Å². The van der Waals surface area contributed by atoms with Crippen molar-refractivity contribution in [2.75, 3.05) is 0 Å². The van der Waals surface area contributed by atoms with Crippen LogP contribution >= 0.6 is 0 Å². The van der Waals surface area contributed by atoms with E-state index in [1.165, 1.54) is 12.3 Å². The number of hydrogen-bond acceptors (Lipinski definition) is 3. The van der Waals surface area contributed by atoms with Crippen LogP contribution in [0.1, 0.15) is 20.8 Å². The number of aliphatic carboxylic acids is 1. The minimum Gasteiger partial charge on any atom is -0.479 e. The average Bonchev–Trinajstić information content (AvgIpc) is 2.31. The second-order valence-electron chi connectivity index (χ2n) is 3.85. The van der Waals surface area contributed by atoms with Gasteiger partial charge in [0.15, 0.2) is 0 Å². The molecule has 0 amide bonds. The first-order valence-electron chi connectivity index (χ1n) is 3.73. The summed E-state index contributed by atoms with van der Waals surface area (Å²) in [5.74, 6) is -0.951. The molecule has 0 aromatic rings. The molecule has 0 bridgehead atoms. The molecule has 1 atom stereocenters. The summed E-state index contributed by atoms with van der Waals surface area (Å²) in [4.78, 5) is 11.0. The Morgan fingerprint density at radius 3 is 2.25 bits per heavy atom. The largest absolute Gasteiger partial charge is 0.479 e. The molecule has 0 spiro atoms. The zero-order valence-electron chi connectivity index (χ0n) is 7.40. The smallest absolute Gasteiger partial charge is 0.338 e. The quantitative estimate of drug-likeness (QED) is 0.649. The third kappa shape index (κ3) is 1.03. The number of carboxylic acids is 1. The number of carboxylic acid groups (broad SMARTS) is 1. The van der Waals surface area contributed by atoms with E-state index in [4.69, 9.17) is 5.11 Å². The Bertz CT molecular complexity index is 249. The lowest BCUT2D eigenvalue weighted by molar-refractivity contribution is -0.144. The van der Waals surface area contributed by atoms with Crippen LogP contribution in [0.15, 0.2) is 22.5 Å². The predicted octanol–water partition coefficient (Wildman–Crippen LogP) is 1.84. The van der Waals surface area contributed by atoms with Crippen molar-refractivity contribution in [3.63, 3.8) is 0 Å². The minimum atomic E-state index is -1.17. The topological polar surface area (TPSA) is 62.0 Å². The van der Waals surface area contributed by atoms with E-state index in [1.807, 2.05) is 20.8 Å². The van der Waals surface area contributed by atoms with E-state index in [2.05, 4.69) is 10.2 Å². The molecule has 0 radical (unpaired) electrons. The fourth-order valence-corrected chi connectivity index (χ4v) is 1.13. The Labute approximate surface area is 71.0 Å². The maximum Gasteiger partial charge on any atom is 0.338 e. The molecule has 1 rings (SSSR count). The summed E-state index contributed by atoms with van der Waals surface area (Å²) >= 11 is 0. The van der Waals surface area contributed by atoms with Crippen LogP contribution in [0.4, 0.5) is 0 Å². The second-order valence-corrected chi connectivity index (χ2v) is 3.85. The maximum atomic E-state index is 11.0. The summed E-state index contributed by atoms with van der Waals surface area (Å²) in [6.45, 7) is 5.49. The molecule has 4 heteroatoms. The van der Waals surface area contributed by atoms with E-state index in [0.29, 0.717) is 0 Å². The fourth-order valence-electron chi connectivity index (χ4n) is 1.13. The highest BCUT2D eigenvalue weighted by atomic mass is 16.4. The van der Waals surface area contributed by atoms with Gasteiger partial charge in [0.2, 0.25) is 5.54 Å². The third-order valence-corrected chi connectivity index (χ3v) is 2.07. The molecule has 1 aliphatic heterocycles. The van der Waals surface area contributed by atoms with Gasteiger partial charge in [0, 0.05) is 11.6 Å². The summed E-state index contributed by atoms with van der Waals surface area (Å²) in [6.07, 6.45) is 2.95. The normalized spacial score (nSPS) is 27.9. The van der Waals surface area contributed by atoms with Gasteiger partial charge < -0.3 is 5.11 Å². The van der Waals surface area contributed by atoms with E-state index in [-0.39, 0.29) is 0 Å². The highest BCUT2D eigenvalue weighted by molar-refractivity contribution is 5.83. The van der Waals surface area contributed by atoms with Crippen molar-refractivity contribution in [1.29, 1.82) is 0 Å². The number of nitrogens with zero attached hydrogens (tertiary/aromatic N) is 2. The first-order chi connectivity index (χ1) is 5.40. The van der Waals surface area contributed by atoms with Crippen LogP contribution in [0.5, 0.6) is 0 Å². The van der Waals surface area contributed by atoms with Gasteiger partial charge >= 0.3 is 5.97 Å². The van der Waals surface area contributed by atoms with Crippen molar-refractivity contribution in [3.05, 3.63) is 12.3 Å². The number of rotatable bonds is 1. The van der Waals surface area contributed by atoms with E-state index in [9.17, 15) is 4.79 Å². The molecule has 0 fully saturated rings. The molecular formula is C8H12N2O2. The molecule has 1 aliphatic rings. The van der Waals surface area contributed by atoms with Gasteiger partial charge in [-0.15, -0.1) is 0 Å². The Kier molecular flexibility index (Phi) is 1.78. The van der Waals surface area contributed by atoms with Crippen molar-refractivity contribution < 1.29 is 9.90 Å². The van der Waals surface area contributed by atoms with Gasteiger partial charge in [-0.05, 0) is 6.08 Å². The minimum absolute atomic E-state index is 0.449. The summed E-state index contributed by atoms with van der Waals surface area (Å²) in [5.41, 5.74) is -1.62. The van der Waals surface area contributed by atoms with Gasteiger partial charge in [-0.2, -0.15) is 10.2 Å². The van der Waals surface area contributed by atoms with Crippen LogP contribution < -0.4 is 0 Å². The Hall–Kier alpha value is -1.19. The Morgan fingerprint density at radius 2 is 2.08 bits per heavy atom. The predicted molar refractivity (Wildman–Crippen MR) is 43.8 cm³/mol. The maximum absolute atomic E-state index is 11.0. The van der Waals surface area contributed by atoms with Gasteiger partial charge in [-0.3, -0.25) is 0 Å². The number of carbonyl (C=O) groups is 1. The van der Waals surface area contributed by atoms with E-state index < -0.39 is 16.9 Å². The molecule has 0 saturated heterocycles. The lowest BCUT2D eigenvalue weighted by atomic mass is 9.74. The average molecular weight is 168 g/mol. The zero-order chi connectivity index (χ0) is 9.41. The van der Waals surface area contributed by atoms with Crippen LogP contribution in [0.25, 0.3) is 0 Å². The summed E-state index contributed by atoms with van der Waals surface area (Å²) in [7, 11) is 0.